The number of amides is 1. The summed E-state index contributed by atoms with van der Waals surface area (Å²) in [5, 5.41) is 0. The van der Waals surface area contributed by atoms with Gasteiger partial charge in [-0.15, -0.1) is 0 Å². The standard InChI is InChI=1S/C15H19N3O3/c1-15(2,3)21-14(20)18-7-9-5-6-11-12(10(9)8-18)16-13(19)17(11)4/h5-6H,7-8H2,1-4H3,(H,16,19). The van der Waals surface area contributed by atoms with Gasteiger partial charge in [-0.05, 0) is 32.4 Å². The summed E-state index contributed by atoms with van der Waals surface area (Å²) in [5.74, 6) is 0. The van der Waals surface area contributed by atoms with Crippen LogP contribution in [0.25, 0.3) is 11.0 Å². The Kier molecular flexibility index (Phi) is 2.86. The number of ether oxygens (including phenoxy) is 1. The predicted octanol–water partition coefficient (Wildman–Crippen LogP) is 2.12. The first-order chi connectivity index (χ1) is 9.76. The number of fused-ring (bicyclic) bond motifs is 3. The SMILES string of the molecule is Cn1c(=O)[nH]c2c3c(ccc21)CN(C(=O)OC(C)(C)C)C3. The topological polar surface area (TPSA) is 67.3 Å². The molecular weight excluding hydrogens is 270 g/mol. The number of benzene rings is 1. The Balaban J connectivity index is 1.94. The minimum absolute atomic E-state index is 0.144. The number of aryl methyl sites for hydroxylation is 1. The van der Waals surface area contributed by atoms with Gasteiger partial charge >= 0.3 is 11.8 Å². The van der Waals surface area contributed by atoms with Crippen LogP contribution in [0.5, 0.6) is 0 Å². The molecule has 21 heavy (non-hydrogen) atoms. The average molecular weight is 289 g/mol. The zero-order chi connectivity index (χ0) is 15.4. The van der Waals surface area contributed by atoms with Gasteiger partial charge in [0.05, 0.1) is 17.6 Å². The van der Waals surface area contributed by atoms with Crippen molar-refractivity contribution in [2.24, 2.45) is 7.05 Å². The van der Waals surface area contributed by atoms with Crippen LogP contribution < -0.4 is 5.69 Å². The number of H-pyrrole nitrogens is 1. The molecule has 0 saturated heterocycles. The van der Waals surface area contributed by atoms with Crippen LogP contribution in [0.2, 0.25) is 0 Å². The third kappa shape index (κ3) is 2.30. The molecule has 0 unspecified atom stereocenters. The summed E-state index contributed by atoms with van der Waals surface area (Å²) in [5.41, 5.74) is 3.05. The second-order valence-corrected chi connectivity index (χ2v) is 6.42. The third-order valence-corrected chi connectivity index (χ3v) is 3.65. The number of nitrogens with zero attached hydrogens (tertiary/aromatic N) is 2. The molecule has 0 radical (unpaired) electrons. The predicted molar refractivity (Wildman–Crippen MR) is 79.0 cm³/mol. The molecule has 1 aromatic carbocycles. The van der Waals surface area contributed by atoms with E-state index in [1.807, 2.05) is 32.9 Å². The molecule has 1 aliphatic heterocycles. The Morgan fingerprint density at radius 1 is 1.29 bits per heavy atom. The van der Waals surface area contributed by atoms with Gasteiger partial charge in [-0.1, -0.05) is 6.07 Å². The van der Waals surface area contributed by atoms with E-state index in [4.69, 9.17) is 4.74 Å². The second kappa shape index (κ2) is 4.38. The smallest absolute Gasteiger partial charge is 0.410 e. The summed E-state index contributed by atoms with van der Waals surface area (Å²) in [6.45, 7) is 6.52. The van der Waals surface area contributed by atoms with Crippen LogP contribution in [0.4, 0.5) is 4.79 Å². The summed E-state index contributed by atoms with van der Waals surface area (Å²) >= 11 is 0. The molecule has 1 aliphatic rings. The maximum atomic E-state index is 12.2. The van der Waals surface area contributed by atoms with E-state index < -0.39 is 5.60 Å². The minimum Gasteiger partial charge on any atom is -0.444 e. The van der Waals surface area contributed by atoms with Crippen LogP contribution >= 0.6 is 0 Å². The fraction of sp³-hybridized carbons (Fsp3) is 0.467. The van der Waals surface area contributed by atoms with Crippen molar-refractivity contribution in [3.63, 3.8) is 0 Å². The molecule has 112 valence electrons. The van der Waals surface area contributed by atoms with Gasteiger partial charge in [-0.3, -0.25) is 9.47 Å². The zero-order valence-electron chi connectivity index (χ0n) is 12.7. The lowest BCUT2D eigenvalue weighted by atomic mass is 10.1. The highest BCUT2D eigenvalue weighted by atomic mass is 16.6. The van der Waals surface area contributed by atoms with E-state index in [0.717, 1.165) is 22.2 Å². The maximum Gasteiger partial charge on any atom is 0.410 e. The summed E-state index contributed by atoms with van der Waals surface area (Å²) < 4.78 is 6.98. The lowest BCUT2D eigenvalue weighted by molar-refractivity contribution is 0.0242. The van der Waals surface area contributed by atoms with Crippen molar-refractivity contribution in [2.45, 2.75) is 39.5 Å². The van der Waals surface area contributed by atoms with Gasteiger partial charge in [0, 0.05) is 19.2 Å². The Hall–Kier alpha value is -2.24. The summed E-state index contributed by atoms with van der Waals surface area (Å²) in [6, 6.07) is 3.87. The van der Waals surface area contributed by atoms with E-state index in [2.05, 4.69) is 4.98 Å². The lowest BCUT2D eigenvalue weighted by Gasteiger charge is -2.24. The van der Waals surface area contributed by atoms with Crippen LogP contribution in [-0.2, 0) is 24.9 Å². The summed E-state index contributed by atoms with van der Waals surface area (Å²) in [4.78, 5) is 28.4. The largest absolute Gasteiger partial charge is 0.444 e. The third-order valence-electron chi connectivity index (χ3n) is 3.65. The van der Waals surface area contributed by atoms with Gasteiger partial charge in [-0.2, -0.15) is 0 Å². The van der Waals surface area contributed by atoms with Crippen molar-refractivity contribution in [1.82, 2.24) is 14.5 Å². The van der Waals surface area contributed by atoms with Gasteiger partial charge in [0.1, 0.15) is 5.60 Å². The quantitative estimate of drug-likeness (QED) is 0.807. The van der Waals surface area contributed by atoms with Gasteiger partial charge in [0.2, 0.25) is 0 Å². The number of rotatable bonds is 0. The average Bonchev–Trinajstić information content (AvgIpc) is 2.90. The maximum absolute atomic E-state index is 12.2. The first kappa shape index (κ1) is 13.7. The van der Waals surface area contributed by atoms with Crippen LogP contribution in [0, 0.1) is 0 Å². The number of hydrogen-bond acceptors (Lipinski definition) is 3. The molecule has 2 heterocycles. The summed E-state index contributed by atoms with van der Waals surface area (Å²) in [6.07, 6.45) is -0.329. The van der Waals surface area contributed by atoms with E-state index in [1.165, 1.54) is 0 Å². The van der Waals surface area contributed by atoms with Crippen molar-refractivity contribution in [2.75, 3.05) is 0 Å². The van der Waals surface area contributed by atoms with E-state index in [0.29, 0.717) is 13.1 Å². The number of hydrogen-bond donors (Lipinski definition) is 1. The van der Waals surface area contributed by atoms with Gasteiger partial charge in [-0.25, -0.2) is 9.59 Å². The van der Waals surface area contributed by atoms with Crippen molar-refractivity contribution >= 4 is 17.1 Å². The molecule has 1 aromatic heterocycles. The van der Waals surface area contributed by atoms with Gasteiger partial charge in [0.15, 0.2) is 0 Å². The number of carbonyl (C=O) groups excluding carboxylic acids is 1. The Bertz CT molecular complexity index is 780. The van der Waals surface area contributed by atoms with Crippen LogP contribution in [0.3, 0.4) is 0 Å². The molecular formula is C15H19N3O3. The number of nitrogens with one attached hydrogen (secondary N) is 1. The van der Waals surface area contributed by atoms with Crippen molar-refractivity contribution in [1.29, 1.82) is 0 Å². The Labute approximate surface area is 122 Å². The van der Waals surface area contributed by atoms with Gasteiger partial charge < -0.3 is 9.72 Å². The minimum atomic E-state index is -0.512. The van der Waals surface area contributed by atoms with E-state index in [-0.39, 0.29) is 11.8 Å². The molecule has 0 atom stereocenters. The first-order valence-electron chi connectivity index (χ1n) is 6.93. The van der Waals surface area contributed by atoms with Crippen molar-refractivity contribution in [3.05, 3.63) is 33.7 Å². The lowest BCUT2D eigenvalue weighted by Crippen LogP contribution is -2.33. The molecule has 1 N–H and O–H groups in total. The number of aromatic nitrogens is 2. The van der Waals surface area contributed by atoms with Crippen LogP contribution in [0.15, 0.2) is 16.9 Å². The molecule has 3 rings (SSSR count). The van der Waals surface area contributed by atoms with E-state index in [1.54, 1.807) is 16.5 Å². The van der Waals surface area contributed by atoms with Crippen molar-refractivity contribution in [3.8, 4) is 0 Å². The monoisotopic (exact) mass is 289 g/mol. The van der Waals surface area contributed by atoms with Crippen molar-refractivity contribution < 1.29 is 9.53 Å². The Morgan fingerprint density at radius 2 is 2.00 bits per heavy atom. The van der Waals surface area contributed by atoms with Crippen LogP contribution in [0.1, 0.15) is 31.9 Å². The second-order valence-electron chi connectivity index (χ2n) is 6.42. The van der Waals surface area contributed by atoms with E-state index in [9.17, 15) is 9.59 Å². The number of carbonyl (C=O) groups is 1. The highest BCUT2D eigenvalue weighted by Gasteiger charge is 2.29. The van der Waals surface area contributed by atoms with E-state index >= 15 is 0 Å². The zero-order valence-corrected chi connectivity index (χ0v) is 12.7. The van der Waals surface area contributed by atoms with Gasteiger partial charge in [0.25, 0.3) is 0 Å². The molecule has 0 spiro atoms. The molecule has 0 aliphatic carbocycles. The van der Waals surface area contributed by atoms with Crippen LogP contribution in [-0.4, -0.2) is 26.1 Å². The number of imidazole rings is 1. The highest BCUT2D eigenvalue weighted by molar-refractivity contribution is 5.82. The number of aromatic amines is 1. The molecule has 6 nitrogen and oxygen atoms in total. The molecule has 0 fully saturated rings. The first-order valence-corrected chi connectivity index (χ1v) is 6.93. The fourth-order valence-corrected chi connectivity index (χ4v) is 2.63. The molecule has 2 aromatic rings. The normalized spacial score (nSPS) is 14.6. The Morgan fingerprint density at radius 3 is 2.67 bits per heavy atom. The molecule has 6 heteroatoms. The molecule has 0 bridgehead atoms. The summed E-state index contributed by atoms with van der Waals surface area (Å²) in [7, 11) is 1.73. The fourth-order valence-electron chi connectivity index (χ4n) is 2.63. The molecule has 1 amide bonds. The highest BCUT2D eigenvalue weighted by Crippen LogP contribution is 2.29. The molecule has 0 saturated carbocycles.